The number of para-hydroxylation sites is 2. The fraction of sp³-hybridized carbons (Fsp3) is 0.262. The van der Waals surface area contributed by atoms with Crippen molar-refractivity contribution < 1.29 is 14.4 Å². The number of hydrogen-bond donors (Lipinski definition) is 3. The number of benzene rings is 2. The summed E-state index contributed by atoms with van der Waals surface area (Å²) in [6.45, 7) is 11.9. The van der Waals surface area contributed by atoms with Crippen LogP contribution in [-0.4, -0.2) is 58.9 Å². The largest absolute Gasteiger partial charge is 0.350 e. The van der Waals surface area contributed by atoms with Gasteiger partial charge in [0, 0.05) is 101 Å². The molecule has 0 aliphatic heterocycles. The van der Waals surface area contributed by atoms with Crippen molar-refractivity contribution in [2.75, 3.05) is 37.7 Å². The van der Waals surface area contributed by atoms with Gasteiger partial charge in [-0.1, -0.05) is 94.9 Å². The second-order valence-electron chi connectivity index (χ2n) is 12.3. The Morgan fingerprint density at radius 1 is 0.824 bits per heavy atom. The number of nitrogens with zero attached hydrogens (tertiary/aromatic N) is 3. The Labute approximate surface area is 310 Å². The summed E-state index contributed by atoms with van der Waals surface area (Å²) in [6.07, 6.45) is 18.4. The van der Waals surface area contributed by atoms with Crippen LogP contribution in [-0.2, 0) is 25.4 Å². The van der Waals surface area contributed by atoms with Gasteiger partial charge in [-0.2, -0.15) is 0 Å². The van der Waals surface area contributed by atoms with E-state index in [-0.39, 0.29) is 12.5 Å². The van der Waals surface area contributed by atoms with Crippen molar-refractivity contribution in [1.82, 2.24) is 19.8 Å². The van der Waals surface area contributed by atoms with Crippen molar-refractivity contribution in [3.63, 3.8) is 0 Å². The van der Waals surface area contributed by atoms with Crippen LogP contribution in [0.5, 0.6) is 0 Å². The Kier molecular flexibility index (Phi) is 14.1. The van der Waals surface area contributed by atoms with Gasteiger partial charge in [-0.25, -0.2) is 9.56 Å². The maximum absolute atomic E-state index is 12.2. The monoisotopic (exact) mass is 718 g/mol. The zero-order valence-corrected chi connectivity index (χ0v) is 31.8. The van der Waals surface area contributed by atoms with Crippen molar-refractivity contribution in [3.8, 4) is 0 Å². The number of carbonyl (C=O) groups is 1. The average Bonchev–Trinajstić information content (AvgIpc) is 3.54. The lowest BCUT2D eigenvalue weighted by Crippen LogP contribution is -2.72. The number of nitrogens with one attached hydrogen (secondary N) is 3. The molecular weight excluding hydrogens is 669 g/mol. The molecular formula is C42H50N6OS2+2. The first-order valence-electron chi connectivity index (χ1n) is 17.4. The number of allylic oxidation sites excluding steroid dienone is 4. The van der Waals surface area contributed by atoms with Gasteiger partial charge in [0.25, 0.3) is 5.91 Å². The van der Waals surface area contributed by atoms with Crippen molar-refractivity contribution in [2.24, 2.45) is 14.1 Å². The highest BCUT2D eigenvalue weighted by Gasteiger charge is 2.10. The first kappa shape index (κ1) is 37.7. The van der Waals surface area contributed by atoms with Gasteiger partial charge < -0.3 is 19.8 Å². The molecule has 0 spiro atoms. The summed E-state index contributed by atoms with van der Waals surface area (Å²) < 4.78 is 6.68. The second kappa shape index (κ2) is 19.2. The van der Waals surface area contributed by atoms with Crippen LogP contribution in [0.25, 0.3) is 40.0 Å². The van der Waals surface area contributed by atoms with Gasteiger partial charge >= 0.3 is 0 Å². The molecule has 0 radical (unpaired) electrons. The minimum Gasteiger partial charge on any atom is -0.350 e. The van der Waals surface area contributed by atoms with Gasteiger partial charge in [-0.3, -0.25) is 4.79 Å². The molecule has 51 heavy (non-hydrogen) atoms. The molecule has 7 nitrogen and oxygen atoms in total. The summed E-state index contributed by atoms with van der Waals surface area (Å²) in [7, 11) is 7.84. The maximum Gasteiger partial charge on any atom is 0.285 e. The SMILES string of the molecule is C=CC(/C=C/c1c(C)n(C)c2ccccc12)=C\C=[NH+]CC(=O)NCCSSCCNCC[n+]1ccc(/C=C/c2c(C)n(C)c3ccccc23)cc1. The molecule has 3 aromatic heterocycles. The predicted molar refractivity (Wildman–Crippen MR) is 221 cm³/mol. The number of aromatic nitrogens is 3. The molecule has 3 heterocycles. The van der Waals surface area contributed by atoms with Crippen LogP contribution in [0.15, 0.2) is 103 Å². The minimum atomic E-state index is -0.0181. The van der Waals surface area contributed by atoms with Gasteiger partial charge in [-0.15, -0.1) is 0 Å². The van der Waals surface area contributed by atoms with Gasteiger partial charge in [0.2, 0.25) is 6.54 Å². The Hall–Kier alpha value is -4.57. The predicted octanol–water partition coefficient (Wildman–Crippen LogP) is 5.81. The number of pyridine rings is 1. The van der Waals surface area contributed by atoms with Gasteiger partial charge in [0.05, 0.1) is 6.54 Å². The molecule has 264 valence electrons. The highest BCUT2D eigenvalue weighted by molar-refractivity contribution is 8.76. The minimum absolute atomic E-state index is 0.0181. The van der Waals surface area contributed by atoms with Crippen LogP contribution in [0.1, 0.15) is 28.1 Å². The third-order valence-corrected chi connectivity index (χ3v) is 11.5. The van der Waals surface area contributed by atoms with E-state index >= 15 is 0 Å². The molecule has 0 atom stereocenters. The zero-order valence-electron chi connectivity index (χ0n) is 30.2. The molecule has 0 unspecified atom stereocenters. The Bertz CT molecular complexity index is 2070. The smallest absolute Gasteiger partial charge is 0.285 e. The summed E-state index contributed by atoms with van der Waals surface area (Å²) >= 11 is 0. The molecule has 0 saturated carbocycles. The van der Waals surface area contributed by atoms with E-state index < -0.39 is 0 Å². The van der Waals surface area contributed by atoms with E-state index in [1.807, 2.05) is 22.9 Å². The molecule has 0 fully saturated rings. The normalized spacial score (nSPS) is 12.4. The fourth-order valence-electron chi connectivity index (χ4n) is 5.97. The lowest BCUT2D eigenvalue weighted by Gasteiger charge is -2.04. The molecule has 9 heteroatoms. The third-order valence-electron chi connectivity index (χ3n) is 9.09. The van der Waals surface area contributed by atoms with Crippen molar-refractivity contribution >= 4 is 73.7 Å². The molecule has 0 aliphatic rings. The third kappa shape index (κ3) is 10.3. The van der Waals surface area contributed by atoms with E-state index in [0.717, 1.165) is 36.7 Å². The summed E-state index contributed by atoms with van der Waals surface area (Å²) in [5.74, 6) is 1.87. The first-order chi connectivity index (χ1) is 24.9. The van der Waals surface area contributed by atoms with Gasteiger partial charge in [-0.05, 0) is 37.1 Å². The molecule has 3 N–H and O–H groups in total. The summed E-state index contributed by atoms with van der Waals surface area (Å²) in [5.41, 5.74) is 9.60. The number of rotatable bonds is 18. The van der Waals surface area contributed by atoms with Crippen LogP contribution >= 0.6 is 21.6 Å². The van der Waals surface area contributed by atoms with Crippen molar-refractivity contribution in [1.29, 1.82) is 0 Å². The first-order valence-corrected chi connectivity index (χ1v) is 19.9. The summed E-state index contributed by atoms with van der Waals surface area (Å²) in [6, 6.07) is 21.3. The maximum atomic E-state index is 12.2. The quantitative estimate of drug-likeness (QED) is 0.0352. The lowest BCUT2D eigenvalue weighted by atomic mass is 10.1. The summed E-state index contributed by atoms with van der Waals surface area (Å²) in [4.78, 5) is 15.3. The van der Waals surface area contributed by atoms with Crippen LogP contribution in [0, 0.1) is 13.8 Å². The molecule has 5 aromatic rings. The second-order valence-corrected chi connectivity index (χ2v) is 15.1. The Balaban J connectivity index is 0.908. The van der Waals surface area contributed by atoms with E-state index in [1.54, 1.807) is 17.0 Å². The van der Waals surface area contributed by atoms with Crippen molar-refractivity contribution in [3.05, 3.63) is 132 Å². The molecule has 1 amide bonds. The Morgan fingerprint density at radius 3 is 2.08 bits per heavy atom. The fourth-order valence-corrected chi connectivity index (χ4v) is 7.82. The molecule has 0 aliphatic carbocycles. The van der Waals surface area contributed by atoms with Gasteiger partial charge in [0.1, 0.15) is 0 Å². The lowest BCUT2D eigenvalue weighted by molar-refractivity contribution is -0.695. The van der Waals surface area contributed by atoms with Crippen LogP contribution < -0.4 is 20.2 Å². The van der Waals surface area contributed by atoms with E-state index in [9.17, 15) is 4.79 Å². The van der Waals surface area contributed by atoms with Gasteiger partial charge in [0.15, 0.2) is 25.2 Å². The van der Waals surface area contributed by atoms with E-state index in [2.05, 4.69) is 161 Å². The zero-order chi connectivity index (χ0) is 36.0. The number of carbonyl (C=O) groups excluding carboxylic acids is 1. The highest BCUT2D eigenvalue weighted by atomic mass is 33.1. The highest BCUT2D eigenvalue weighted by Crippen LogP contribution is 2.27. The van der Waals surface area contributed by atoms with E-state index in [4.69, 9.17) is 0 Å². The number of fused-ring (bicyclic) bond motifs is 2. The summed E-state index contributed by atoms with van der Waals surface area (Å²) in [5, 5.41) is 9.03. The topological polar surface area (TPSA) is 68.8 Å². The number of hydrogen-bond acceptors (Lipinski definition) is 4. The van der Waals surface area contributed by atoms with Crippen molar-refractivity contribution in [2.45, 2.75) is 20.4 Å². The van der Waals surface area contributed by atoms with Crippen LogP contribution in [0.4, 0.5) is 0 Å². The number of amides is 1. The Morgan fingerprint density at radius 2 is 1.43 bits per heavy atom. The molecule has 0 saturated heterocycles. The molecule has 2 aromatic carbocycles. The number of aryl methyl sites for hydroxylation is 2. The molecule has 5 rings (SSSR count). The van der Waals surface area contributed by atoms with E-state index in [0.29, 0.717) is 6.54 Å². The average molecular weight is 719 g/mol. The van der Waals surface area contributed by atoms with Crippen LogP contribution in [0.3, 0.4) is 0 Å². The van der Waals surface area contributed by atoms with Crippen LogP contribution in [0.2, 0.25) is 0 Å². The standard InChI is InChI=1S/C42H48N6OS2/c1-6-34(15-17-36-32(2)46(4)40-13-9-7-11-38(36)40)19-22-44-31-42(49)45-25-30-51-50-29-24-43-23-28-48-26-20-35(21-27-48)16-18-37-33(3)47(5)41-14-10-8-12-39(37)41/h6-22,26-27,43H,1,23-25,28-31H2,2-5H3/p+2/b17-15+,34-19+,44-22?. The van der Waals surface area contributed by atoms with E-state index in [1.165, 1.54) is 49.9 Å². The molecule has 0 bridgehead atoms.